The molecule has 0 radical (unpaired) electrons. The first-order valence-corrected chi connectivity index (χ1v) is 9.82. The zero-order chi connectivity index (χ0) is 19.3. The van der Waals surface area contributed by atoms with Crippen molar-refractivity contribution in [2.24, 2.45) is 5.73 Å². The summed E-state index contributed by atoms with van der Waals surface area (Å²) < 4.78 is 12.8. The molecule has 0 aliphatic rings. The summed E-state index contributed by atoms with van der Waals surface area (Å²) in [5.74, 6) is -2.22. The van der Waals surface area contributed by atoms with Crippen molar-refractivity contribution in [2.45, 2.75) is 5.33 Å². The number of carbonyl (C=O) groups is 1. The van der Waals surface area contributed by atoms with Crippen molar-refractivity contribution in [1.29, 1.82) is 0 Å². The Morgan fingerprint density at radius 2 is 1.88 bits per heavy atom. The first-order chi connectivity index (χ1) is 12.3. The third-order valence-electron chi connectivity index (χ3n) is 3.12. The average Bonchev–Trinajstić information content (AvgIpc) is 3.09. The minimum Gasteiger partial charge on any atom is -0.506 e. The Labute approximate surface area is 171 Å². The number of thiazole rings is 1. The lowest BCUT2D eigenvalue weighted by molar-refractivity contribution is 0.0996. The highest BCUT2D eigenvalue weighted by atomic mass is 79.9. The van der Waals surface area contributed by atoms with Crippen LogP contribution >= 0.6 is 50.5 Å². The molecule has 3 aromatic rings. The number of rotatable bonds is 3. The Morgan fingerprint density at radius 3 is 2.38 bits per heavy atom. The zero-order valence-corrected chi connectivity index (χ0v) is 17.0. The third kappa shape index (κ3) is 5.17. The molecule has 9 heteroatoms. The van der Waals surface area contributed by atoms with Gasteiger partial charge in [-0.25, -0.2) is 9.37 Å². The summed E-state index contributed by atoms with van der Waals surface area (Å²) in [6, 6.07) is 9.68. The summed E-state index contributed by atoms with van der Waals surface area (Å²) in [5, 5.41) is 13.3. The van der Waals surface area contributed by atoms with E-state index in [9.17, 15) is 9.18 Å². The van der Waals surface area contributed by atoms with Gasteiger partial charge in [-0.3, -0.25) is 4.79 Å². The van der Waals surface area contributed by atoms with Crippen LogP contribution in [0.25, 0.3) is 11.3 Å². The molecule has 1 aromatic heterocycles. The summed E-state index contributed by atoms with van der Waals surface area (Å²) in [4.78, 5) is 15.0. The van der Waals surface area contributed by atoms with Crippen LogP contribution in [0, 0.1) is 5.82 Å². The fourth-order valence-corrected chi connectivity index (χ4v) is 3.44. The van der Waals surface area contributed by atoms with Gasteiger partial charge in [0.1, 0.15) is 16.6 Å². The van der Waals surface area contributed by atoms with Crippen LogP contribution in [-0.4, -0.2) is 16.0 Å². The third-order valence-corrected chi connectivity index (χ3v) is 5.51. The first-order valence-electron chi connectivity index (χ1n) is 7.06. The van der Waals surface area contributed by atoms with Gasteiger partial charge in [0.2, 0.25) is 0 Å². The van der Waals surface area contributed by atoms with E-state index >= 15 is 0 Å². The van der Waals surface area contributed by atoms with Crippen molar-refractivity contribution in [3.63, 3.8) is 0 Å². The van der Waals surface area contributed by atoms with Gasteiger partial charge in [-0.15, -0.1) is 11.3 Å². The number of hydrogen-bond acceptors (Lipinski definition) is 4. The molecule has 1 amide bonds. The van der Waals surface area contributed by atoms with Gasteiger partial charge >= 0.3 is 0 Å². The number of nitrogens with two attached hydrogens (primary N) is 1. The molecule has 0 unspecified atom stereocenters. The largest absolute Gasteiger partial charge is 0.506 e. The van der Waals surface area contributed by atoms with E-state index in [0.29, 0.717) is 0 Å². The van der Waals surface area contributed by atoms with Gasteiger partial charge in [0.25, 0.3) is 5.91 Å². The lowest BCUT2D eigenvalue weighted by atomic mass is 10.2. The highest BCUT2D eigenvalue weighted by Crippen LogP contribution is 2.28. The Balaban J connectivity index is 0.000000190. The maximum atomic E-state index is 12.8. The number of amides is 1. The number of aromatic hydroxyl groups is 1. The summed E-state index contributed by atoms with van der Waals surface area (Å²) in [6.45, 7) is 0. The van der Waals surface area contributed by atoms with Crippen LogP contribution in [0.1, 0.15) is 15.4 Å². The van der Waals surface area contributed by atoms with E-state index in [2.05, 4.69) is 26.3 Å². The number of primary amides is 1. The Kier molecular flexibility index (Phi) is 7.40. The van der Waals surface area contributed by atoms with E-state index in [1.165, 1.54) is 0 Å². The predicted octanol–water partition coefficient (Wildman–Crippen LogP) is 5.64. The second-order valence-corrected chi connectivity index (χ2v) is 7.20. The number of hydrogen-bond donors (Lipinski definition) is 2. The highest BCUT2D eigenvalue weighted by molar-refractivity contribution is 9.08. The highest BCUT2D eigenvalue weighted by Gasteiger charge is 2.15. The summed E-state index contributed by atoms with van der Waals surface area (Å²) >= 11 is 16.2. The zero-order valence-electron chi connectivity index (χ0n) is 13.0. The molecule has 0 fully saturated rings. The molecule has 26 heavy (non-hydrogen) atoms. The molecule has 4 nitrogen and oxygen atoms in total. The van der Waals surface area contributed by atoms with Crippen molar-refractivity contribution in [3.05, 3.63) is 68.2 Å². The van der Waals surface area contributed by atoms with Crippen molar-refractivity contribution >= 4 is 56.4 Å². The standard InChI is InChI=1S/C10H7BrClNS.C7H5ClFNO2/c11-5-10-13-9(6-14-10)7-1-3-8(12)4-2-7;8-6-4(11)2-1-3(9)5(6)7(10)12/h1-4,6H,5H2;1-2,11H,(H2,10,12). The van der Waals surface area contributed by atoms with Crippen LogP contribution in [0.4, 0.5) is 4.39 Å². The second-order valence-electron chi connectivity index (χ2n) is 4.89. The molecule has 2 aromatic carbocycles. The maximum absolute atomic E-state index is 12.8. The van der Waals surface area contributed by atoms with E-state index in [4.69, 9.17) is 34.0 Å². The van der Waals surface area contributed by atoms with Crippen LogP contribution in [0.15, 0.2) is 41.8 Å². The van der Waals surface area contributed by atoms with Crippen LogP contribution in [0.2, 0.25) is 10.0 Å². The molecule has 1 heterocycles. The molecule has 3 rings (SSSR count). The van der Waals surface area contributed by atoms with Gasteiger partial charge in [-0.05, 0) is 24.3 Å². The molecule has 0 atom stereocenters. The van der Waals surface area contributed by atoms with Gasteiger partial charge < -0.3 is 10.8 Å². The van der Waals surface area contributed by atoms with Gasteiger partial charge in [-0.1, -0.05) is 51.3 Å². The lowest BCUT2D eigenvalue weighted by Crippen LogP contribution is -2.13. The van der Waals surface area contributed by atoms with Crippen LogP contribution in [-0.2, 0) is 5.33 Å². The lowest BCUT2D eigenvalue weighted by Gasteiger charge is -2.02. The maximum Gasteiger partial charge on any atom is 0.253 e. The average molecular weight is 478 g/mol. The van der Waals surface area contributed by atoms with Crippen molar-refractivity contribution < 1.29 is 14.3 Å². The molecular weight excluding hydrogens is 466 g/mol. The molecular formula is C17H12BrCl2FN2O2S. The SMILES string of the molecule is Clc1ccc(-c2csc(CBr)n2)cc1.NC(=O)c1c(F)ccc(O)c1Cl. The second kappa shape index (κ2) is 9.32. The predicted molar refractivity (Wildman–Crippen MR) is 107 cm³/mol. The van der Waals surface area contributed by atoms with Crippen molar-refractivity contribution in [2.75, 3.05) is 0 Å². The van der Waals surface area contributed by atoms with E-state index in [1.54, 1.807) is 11.3 Å². The number of phenols is 1. The number of phenolic OH excluding ortho intramolecular Hbond substituents is 1. The molecule has 0 aliphatic carbocycles. The topological polar surface area (TPSA) is 76.2 Å². The van der Waals surface area contributed by atoms with Crippen LogP contribution in [0.3, 0.4) is 0 Å². The van der Waals surface area contributed by atoms with Crippen LogP contribution in [0.5, 0.6) is 5.75 Å². The summed E-state index contributed by atoms with van der Waals surface area (Å²) in [6.07, 6.45) is 0. The molecule has 0 saturated carbocycles. The number of benzene rings is 2. The Hall–Kier alpha value is -1.67. The van der Waals surface area contributed by atoms with Crippen molar-refractivity contribution in [3.8, 4) is 17.0 Å². The summed E-state index contributed by atoms with van der Waals surface area (Å²) in [7, 11) is 0. The van der Waals surface area contributed by atoms with E-state index in [1.807, 2.05) is 24.3 Å². The number of nitrogens with zero attached hydrogens (tertiary/aromatic N) is 1. The molecule has 0 spiro atoms. The van der Waals surface area contributed by atoms with Crippen molar-refractivity contribution in [1.82, 2.24) is 4.98 Å². The van der Waals surface area contributed by atoms with E-state index in [-0.39, 0.29) is 10.8 Å². The monoisotopic (exact) mass is 476 g/mol. The normalized spacial score (nSPS) is 10.2. The fraction of sp³-hybridized carbons (Fsp3) is 0.0588. The Bertz CT molecular complexity index is 920. The van der Waals surface area contributed by atoms with Gasteiger partial charge in [0.05, 0.1) is 21.6 Å². The number of carbonyl (C=O) groups excluding carboxylic acids is 1. The first kappa shape index (κ1) is 20.6. The quantitative estimate of drug-likeness (QED) is 0.479. The van der Waals surface area contributed by atoms with E-state index in [0.717, 1.165) is 38.8 Å². The molecule has 0 saturated heterocycles. The number of halogens is 4. The molecule has 3 N–H and O–H groups in total. The van der Waals surface area contributed by atoms with Gasteiger partial charge in [0.15, 0.2) is 0 Å². The number of aromatic nitrogens is 1. The van der Waals surface area contributed by atoms with Crippen LogP contribution < -0.4 is 5.73 Å². The molecule has 136 valence electrons. The smallest absolute Gasteiger partial charge is 0.253 e. The minimum atomic E-state index is -1.01. The number of alkyl halides is 1. The molecule has 0 bridgehead atoms. The fourth-order valence-electron chi connectivity index (χ4n) is 1.89. The Morgan fingerprint density at radius 1 is 1.23 bits per heavy atom. The van der Waals surface area contributed by atoms with Gasteiger partial charge in [-0.2, -0.15) is 0 Å². The minimum absolute atomic E-state index is 0.359. The van der Waals surface area contributed by atoms with Gasteiger partial charge in [0, 0.05) is 16.0 Å². The van der Waals surface area contributed by atoms with E-state index < -0.39 is 17.3 Å². The summed E-state index contributed by atoms with van der Waals surface area (Å²) in [5.41, 5.74) is 6.44. The molecule has 0 aliphatic heterocycles.